The van der Waals surface area contributed by atoms with Gasteiger partial charge in [-0.25, -0.2) is 8.78 Å². The molecule has 21 heavy (non-hydrogen) atoms. The second-order valence-electron chi connectivity index (χ2n) is 5.19. The van der Waals surface area contributed by atoms with Gasteiger partial charge in [-0.05, 0) is 18.4 Å². The zero-order valence-corrected chi connectivity index (χ0v) is 12.0. The Hall–Kier alpha value is -2.05. The summed E-state index contributed by atoms with van der Waals surface area (Å²) in [5.74, 6) is -2.85. The van der Waals surface area contributed by atoms with Gasteiger partial charge in [0.25, 0.3) is 11.6 Å². The van der Waals surface area contributed by atoms with Crippen molar-refractivity contribution in [2.24, 2.45) is 5.92 Å². The largest absolute Gasteiger partial charge is 0.352 e. The fourth-order valence-electron chi connectivity index (χ4n) is 1.84. The van der Waals surface area contributed by atoms with Gasteiger partial charge in [0.2, 0.25) is 0 Å². The number of nitrogens with zero attached hydrogens (tertiary/aromatic N) is 1. The molecule has 0 bridgehead atoms. The highest BCUT2D eigenvalue weighted by atomic mass is 19.2. The number of unbranched alkanes of at least 4 members (excludes halogenated alkanes) is 1. The molecule has 0 spiro atoms. The number of nitrogens with one attached hydrogen (secondary N) is 1. The zero-order chi connectivity index (χ0) is 16.0. The monoisotopic (exact) mass is 300 g/mol. The molecule has 1 aromatic rings. The number of benzene rings is 1. The highest BCUT2D eigenvalue weighted by molar-refractivity contribution is 5.98. The first-order valence-corrected chi connectivity index (χ1v) is 6.74. The van der Waals surface area contributed by atoms with Crippen LogP contribution in [-0.4, -0.2) is 17.4 Å². The maximum atomic E-state index is 13.1. The summed E-state index contributed by atoms with van der Waals surface area (Å²) in [7, 11) is 0. The molecule has 1 N–H and O–H groups in total. The average molecular weight is 300 g/mol. The first-order valence-electron chi connectivity index (χ1n) is 6.74. The van der Waals surface area contributed by atoms with Crippen molar-refractivity contribution in [3.63, 3.8) is 0 Å². The van der Waals surface area contributed by atoms with Crippen LogP contribution in [0.3, 0.4) is 0 Å². The minimum atomic E-state index is -1.35. The number of carbonyl (C=O) groups excluding carboxylic acids is 1. The van der Waals surface area contributed by atoms with Gasteiger partial charge in [-0.3, -0.25) is 14.9 Å². The van der Waals surface area contributed by atoms with E-state index in [4.69, 9.17) is 0 Å². The molecule has 1 aromatic carbocycles. The molecular formula is C14H18F2N2O3. The summed E-state index contributed by atoms with van der Waals surface area (Å²) >= 11 is 0. The Kier molecular flexibility index (Phi) is 6.20. The highest BCUT2D eigenvalue weighted by Crippen LogP contribution is 2.22. The molecule has 0 radical (unpaired) electrons. The molecular weight excluding hydrogens is 282 g/mol. The Bertz CT molecular complexity index is 533. The molecule has 0 fully saturated rings. The smallest absolute Gasteiger partial charge is 0.285 e. The van der Waals surface area contributed by atoms with Gasteiger partial charge in [0.1, 0.15) is 5.56 Å². The quantitative estimate of drug-likeness (QED) is 0.476. The second kappa shape index (κ2) is 7.66. The molecule has 116 valence electrons. The predicted octanol–water partition coefficient (Wildman–Crippen LogP) is 3.43. The zero-order valence-electron chi connectivity index (χ0n) is 12.0. The molecule has 1 rings (SSSR count). The van der Waals surface area contributed by atoms with Crippen molar-refractivity contribution < 1.29 is 18.5 Å². The average Bonchev–Trinajstić information content (AvgIpc) is 2.40. The number of rotatable bonds is 7. The summed E-state index contributed by atoms with van der Waals surface area (Å²) in [4.78, 5) is 21.7. The normalized spacial score (nSPS) is 10.7. The van der Waals surface area contributed by atoms with Crippen LogP contribution >= 0.6 is 0 Å². The lowest BCUT2D eigenvalue weighted by Crippen LogP contribution is -2.25. The van der Waals surface area contributed by atoms with E-state index in [0.29, 0.717) is 24.6 Å². The van der Waals surface area contributed by atoms with Crippen LogP contribution in [0.5, 0.6) is 0 Å². The summed E-state index contributed by atoms with van der Waals surface area (Å²) in [6.45, 7) is 4.51. The maximum Gasteiger partial charge on any atom is 0.285 e. The van der Waals surface area contributed by atoms with Crippen LogP contribution in [0.25, 0.3) is 0 Å². The van der Waals surface area contributed by atoms with Gasteiger partial charge in [0.15, 0.2) is 11.6 Å². The highest BCUT2D eigenvalue weighted by Gasteiger charge is 2.23. The van der Waals surface area contributed by atoms with Crippen LogP contribution < -0.4 is 5.32 Å². The van der Waals surface area contributed by atoms with E-state index in [1.165, 1.54) is 0 Å². The number of carbonyl (C=O) groups is 1. The molecule has 0 aliphatic rings. The SMILES string of the molecule is CC(C)CCCCNC(=O)c1cc(F)c(F)cc1[N+](=O)[O-]. The number of amides is 1. The van der Waals surface area contributed by atoms with E-state index in [1.807, 2.05) is 0 Å². The molecule has 0 aromatic heterocycles. The number of hydrogen-bond donors (Lipinski definition) is 1. The molecule has 0 aliphatic carbocycles. The summed E-state index contributed by atoms with van der Waals surface area (Å²) in [5.41, 5.74) is -1.21. The van der Waals surface area contributed by atoms with E-state index in [-0.39, 0.29) is 0 Å². The molecule has 0 aliphatic heterocycles. The third kappa shape index (κ3) is 5.09. The first-order chi connectivity index (χ1) is 9.82. The summed E-state index contributed by atoms with van der Waals surface area (Å²) < 4.78 is 26.1. The lowest BCUT2D eigenvalue weighted by atomic mass is 10.1. The van der Waals surface area contributed by atoms with E-state index in [1.54, 1.807) is 0 Å². The summed E-state index contributed by atoms with van der Waals surface area (Å²) in [6.07, 6.45) is 2.65. The molecule has 0 saturated heterocycles. The molecule has 1 amide bonds. The van der Waals surface area contributed by atoms with Gasteiger partial charge in [0, 0.05) is 6.54 Å². The molecule has 0 saturated carbocycles. The Morgan fingerprint density at radius 1 is 1.29 bits per heavy atom. The molecule has 5 nitrogen and oxygen atoms in total. The standard InChI is InChI=1S/C14H18F2N2O3/c1-9(2)5-3-4-6-17-14(19)10-7-11(15)12(16)8-13(10)18(20)21/h7-9H,3-6H2,1-2H3,(H,17,19). The third-order valence-electron chi connectivity index (χ3n) is 2.97. The van der Waals surface area contributed by atoms with E-state index in [2.05, 4.69) is 19.2 Å². The minimum Gasteiger partial charge on any atom is -0.352 e. The van der Waals surface area contributed by atoms with Crippen molar-refractivity contribution >= 4 is 11.6 Å². The van der Waals surface area contributed by atoms with Crippen LogP contribution in [0, 0.1) is 27.7 Å². The molecule has 0 heterocycles. The van der Waals surface area contributed by atoms with Crippen LogP contribution in [-0.2, 0) is 0 Å². The van der Waals surface area contributed by atoms with Crippen molar-refractivity contribution in [1.29, 1.82) is 0 Å². The Balaban J connectivity index is 2.69. The lowest BCUT2D eigenvalue weighted by Gasteiger charge is -2.07. The van der Waals surface area contributed by atoms with Crippen molar-refractivity contribution in [3.8, 4) is 0 Å². The van der Waals surface area contributed by atoms with Crippen LogP contribution in [0.2, 0.25) is 0 Å². The van der Waals surface area contributed by atoms with Gasteiger partial charge in [0.05, 0.1) is 11.0 Å². The molecule has 7 heteroatoms. The van der Waals surface area contributed by atoms with Crippen molar-refractivity contribution in [1.82, 2.24) is 5.32 Å². The molecule has 0 atom stereocenters. The fraction of sp³-hybridized carbons (Fsp3) is 0.500. The van der Waals surface area contributed by atoms with Crippen LogP contribution in [0.4, 0.5) is 14.5 Å². The van der Waals surface area contributed by atoms with Crippen molar-refractivity contribution in [2.75, 3.05) is 6.54 Å². The fourth-order valence-corrected chi connectivity index (χ4v) is 1.84. The number of nitro groups is 1. The Morgan fingerprint density at radius 3 is 2.48 bits per heavy atom. The van der Waals surface area contributed by atoms with Gasteiger partial charge in [-0.15, -0.1) is 0 Å². The number of nitro benzene ring substituents is 1. The predicted molar refractivity (Wildman–Crippen MR) is 74.0 cm³/mol. The third-order valence-corrected chi connectivity index (χ3v) is 2.97. The summed E-state index contributed by atoms with van der Waals surface area (Å²) in [6, 6.07) is 0.972. The van der Waals surface area contributed by atoms with Crippen molar-refractivity contribution in [2.45, 2.75) is 33.1 Å². The topological polar surface area (TPSA) is 72.2 Å². The van der Waals surface area contributed by atoms with E-state index in [9.17, 15) is 23.7 Å². The number of hydrogen-bond acceptors (Lipinski definition) is 3. The minimum absolute atomic E-state index is 0.335. The van der Waals surface area contributed by atoms with E-state index < -0.39 is 33.7 Å². The number of halogens is 2. The van der Waals surface area contributed by atoms with Crippen LogP contribution in [0.15, 0.2) is 12.1 Å². The van der Waals surface area contributed by atoms with Crippen molar-refractivity contribution in [3.05, 3.63) is 39.4 Å². The van der Waals surface area contributed by atoms with Gasteiger partial charge in [-0.1, -0.05) is 26.7 Å². The van der Waals surface area contributed by atoms with E-state index >= 15 is 0 Å². The molecule has 0 unspecified atom stereocenters. The Morgan fingerprint density at radius 2 is 1.90 bits per heavy atom. The summed E-state index contributed by atoms with van der Waals surface area (Å²) in [5, 5.41) is 13.3. The van der Waals surface area contributed by atoms with Gasteiger partial charge >= 0.3 is 0 Å². The lowest BCUT2D eigenvalue weighted by molar-refractivity contribution is -0.385. The van der Waals surface area contributed by atoms with Gasteiger partial charge < -0.3 is 5.32 Å². The maximum absolute atomic E-state index is 13.1. The Labute approximate surface area is 121 Å². The van der Waals surface area contributed by atoms with Gasteiger partial charge in [-0.2, -0.15) is 0 Å². The van der Waals surface area contributed by atoms with Crippen LogP contribution in [0.1, 0.15) is 43.5 Å². The second-order valence-corrected chi connectivity index (χ2v) is 5.19. The van der Waals surface area contributed by atoms with E-state index in [0.717, 1.165) is 19.3 Å². The first kappa shape index (κ1) is 17.0.